The average molecular weight is 476 g/mol. The van der Waals surface area contributed by atoms with E-state index in [1.165, 1.54) is 5.56 Å². The molecule has 4 rings (SSSR count). The topological polar surface area (TPSA) is 97.6 Å². The molecule has 182 valence electrons. The molecule has 2 heterocycles. The molecular formula is C26H29N5O4. The summed E-state index contributed by atoms with van der Waals surface area (Å²) in [7, 11) is 0. The number of pyridine rings is 1. The van der Waals surface area contributed by atoms with Crippen LogP contribution in [0, 0.1) is 6.92 Å². The molecule has 1 aromatic heterocycles. The van der Waals surface area contributed by atoms with Crippen molar-refractivity contribution in [1.29, 1.82) is 0 Å². The Morgan fingerprint density at radius 2 is 1.89 bits per heavy atom. The van der Waals surface area contributed by atoms with E-state index in [9.17, 15) is 4.79 Å². The van der Waals surface area contributed by atoms with Crippen LogP contribution in [-0.4, -0.2) is 50.6 Å². The Morgan fingerprint density at radius 3 is 2.69 bits per heavy atom. The van der Waals surface area contributed by atoms with Crippen molar-refractivity contribution < 1.29 is 19.0 Å². The maximum absolute atomic E-state index is 11.9. The Bertz CT molecular complexity index is 1130. The third-order valence-electron chi connectivity index (χ3n) is 5.24. The number of morpholine rings is 1. The number of carbonyl (C=O) groups excluding carboxylic acids is 1. The number of nitrogens with zero attached hydrogens (tertiary/aromatic N) is 4. The molecule has 9 heteroatoms. The molecule has 0 aliphatic carbocycles. The fourth-order valence-electron chi connectivity index (χ4n) is 3.56. The average Bonchev–Trinajstić information content (AvgIpc) is 2.88. The van der Waals surface area contributed by atoms with Crippen molar-refractivity contribution in [2.24, 2.45) is 10.2 Å². The largest absolute Gasteiger partial charge is 0.474 e. The first-order chi connectivity index (χ1) is 17.2. The zero-order chi connectivity index (χ0) is 24.3. The molecule has 1 saturated heterocycles. The summed E-state index contributed by atoms with van der Waals surface area (Å²) in [4.78, 5) is 18.6. The van der Waals surface area contributed by atoms with E-state index >= 15 is 0 Å². The zero-order valence-corrected chi connectivity index (χ0v) is 19.7. The summed E-state index contributed by atoms with van der Waals surface area (Å²) in [5.41, 5.74) is 3.87. The van der Waals surface area contributed by atoms with Gasteiger partial charge in [0.15, 0.2) is 5.82 Å². The molecule has 1 aliphatic heterocycles. The maximum Gasteiger partial charge on any atom is 0.411 e. The molecule has 9 nitrogen and oxygen atoms in total. The summed E-state index contributed by atoms with van der Waals surface area (Å²) in [6.45, 7) is 5.60. The molecule has 0 atom stereocenters. The normalized spacial score (nSPS) is 13.6. The minimum Gasteiger partial charge on any atom is -0.474 e. The van der Waals surface area contributed by atoms with E-state index in [0.717, 1.165) is 24.3 Å². The van der Waals surface area contributed by atoms with Crippen molar-refractivity contribution in [1.82, 2.24) is 4.98 Å². The SMILES string of the molecule is Cc1cccc(CN=Nc2cc(N3CCOCC3)cc(OCCOC(=O)Nc3ccccc3)n2)c1. The number of nitrogens with one attached hydrogen (secondary N) is 1. The summed E-state index contributed by atoms with van der Waals surface area (Å²) in [5.74, 6) is 0.852. The van der Waals surface area contributed by atoms with Crippen LogP contribution in [0.1, 0.15) is 11.1 Å². The van der Waals surface area contributed by atoms with E-state index in [-0.39, 0.29) is 13.2 Å². The summed E-state index contributed by atoms with van der Waals surface area (Å²) in [6.07, 6.45) is -0.541. The van der Waals surface area contributed by atoms with Gasteiger partial charge in [0.25, 0.3) is 0 Å². The van der Waals surface area contributed by atoms with Crippen LogP contribution >= 0.6 is 0 Å². The monoisotopic (exact) mass is 475 g/mol. The van der Waals surface area contributed by atoms with Crippen LogP contribution in [0.4, 0.5) is 22.0 Å². The number of ether oxygens (including phenoxy) is 3. The number of amides is 1. The van der Waals surface area contributed by atoms with Crippen molar-refractivity contribution in [3.8, 4) is 5.88 Å². The Kier molecular flexibility index (Phi) is 8.61. The first kappa shape index (κ1) is 24.2. The summed E-state index contributed by atoms with van der Waals surface area (Å²) >= 11 is 0. The number of benzene rings is 2. The van der Waals surface area contributed by atoms with Gasteiger partial charge in [0.2, 0.25) is 5.88 Å². The zero-order valence-electron chi connectivity index (χ0n) is 19.7. The minimum atomic E-state index is -0.541. The highest BCUT2D eigenvalue weighted by atomic mass is 16.6. The van der Waals surface area contributed by atoms with Gasteiger partial charge in [-0.15, -0.1) is 5.11 Å². The summed E-state index contributed by atoms with van der Waals surface area (Å²) < 4.78 is 16.4. The van der Waals surface area contributed by atoms with E-state index < -0.39 is 6.09 Å². The van der Waals surface area contributed by atoms with E-state index in [4.69, 9.17) is 14.2 Å². The van der Waals surface area contributed by atoms with Gasteiger partial charge in [0, 0.05) is 36.6 Å². The van der Waals surface area contributed by atoms with Crippen LogP contribution in [-0.2, 0) is 16.0 Å². The molecular weight excluding hydrogens is 446 g/mol. The Balaban J connectivity index is 1.36. The number of para-hydroxylation sites is 1. The second-order valence-electron chi connectivity index (χ2n) is 7.99. The number of carbonyl (C=O) groups is 1. The van der Waals surface area contributed by atoms with Crippen molar-refractivity contribution in [2.75, 3.05) is 49.7 Å². The van der Waals surface area contributed by atoms with Crippen LogP contribution in [0.5, 0.6) is 5.88 Å². The molecule has 0 saturated carbocycles. The van der Waals surface area contributed by atoms with Crippen LogP contribution in [0.25, 0.3) is 0 Å². The van der Waals surface area contributed by atoms with Gasteiger partial charge in [0.05, 0.1) is 19.8 Å². The van der Waals surface area contributed by atoms with Crippen molar-refractivity contribution in [2.45, 2.75) is 13.5 Å². The highest BCUT2D eigenvalue weighted by Crippen LogP contribution is 2.26. The number of anilines is 2. The molecule has 35 heavy (non-hydrogen) atoms. The molecule has 1 N–H and O–H groups in total. The number of hydrogen-bond donors (Lipinski definition) is 1. The minimum absolute atomic E-state index is 0.0757. The van der Waals surface area contributed by atoms with Gasteiger partial charge in [-0.05, 0) is 24.6 Å². The molecule has 1 aliphatic rings. The standard InChI is InChI=1S/C26H29N5O4/c1-20-6-5-7-21(16-20)19-27-30-24-17-23(31-10-12-33-13-11-31)18-25(29-24)34-14-15-35-26(32)28-22-8-3-2-4-9-22/h2-9,16-18H,10-15,19H2,1H3,(H,28,32). The lowest BCUT2D eigenvalue weighted by Gasteiger charge is -2.29. The van der Waals surface area contributed by atoms with Gasteiger partial charge in [-0.25, -0.2) is 4.79 Å². The molecule has 3 aromatic rings. The quantitative estimate of drug-likeness (QED) is 0.340. The first-order valence-electron chi connectivity index (χ1n) is 11.6. The van der Waals surface area contributed by atoms with E-state index in [0.29, 0.717) is 37.1 Å². The molecule has 1 amide bonds. The number of hydrogen-bond acceptors (Lipinski definition) is 8. The van der Waals surface area contributed by atoms with Gasteiger partial charge in [0.1, 0.15) is 13.2 Å². The third-order valence-corrected chi connectivity index (χ3v) is 5.24. The molecule has 0 spiro atoms. The van der Waals surface area contributed by atoms with Crippen LogP contribution in [0.2, 0.25) is 0 Å². The molecule has 0 bridgehead atoms. The van der Waals surface area contributed by atoms with Gasteiger partial charge in [-0.3, -0.25) is 5.32 Å². The lowest BCUT2D eigenvalue weighted by Crippen LogP contribution is -2.36. The van der Waals surface area contributed by atoms with Crippen LogP contribution in [0.3, 0.4) is 0 Å². The third kappa shape index (κ3) is 7.79. The number of azo groups is 1. The number of rotatable bonds is 9. The molecule has 0 unspecified atom stereocenters. The van der Waals surface area contributed by atoms with Gasteiger partial charge >= 0.3 is 6.09 Å². The number of aromatic nitrogens is 1. The number of aryl methyl sites for hydroxylation is 1. The summed E-state index contributed by atoms with van der Waals surface area (Å²) in [6, 6.07) is 21.0. The second kappa shape index (κ2) is 12.5. The fraction of sp³-hybridized carbons (Fsp3) is 0.308. The second-order valence-corrected chi connectivity index (χ2v) is 7.99. The highest BCUT2D eigenvalue weighted by Gasteiger charge is 2.14. The molecule has 1 fully saturated rings. The van der Waals surface area contributed by atoms with E-state index in [1.807, 2.05) is 55.5 Å². The Morgan fingerprint density at radius 1 is 1.06 bits per heavy atom. The highest BCUT2D eigenvalue weighted by molar-refractivity contribution is 5.84. The van der Waals surface area contributed by atoms with Crippen molar-refractivity contribution >= 4 is 23.3 Å². The first-order valence-corrected chi connectivity index (χ1v) is 11.6. The van der Waals surface area contributed by atoms with Crippen molar-refractivity contribution in [3.05, 3.63) is 77.9 Å². The van der Waals surface area contributed by atoms with E-state index in [1.54, 1.807) is 12.1 Å². The van der Waals surface area contributed by atoms with Gasteiger partial charge < -0.3 is 19.1 Å². The fourth-order valence-corrected chi connectivity index (χ4v) is 3.56. The smallest absolute Gasteiger partial charge is 0.411 e. The Hall–Kier alpha value is -3.98. The maximum atomic E-state index is 11.9. The Labute approximate surface area is 204 Å². The lowest BCUT2D eigenvalue weighted by atomic mass is 10.1. The molecule has 0 radical (unpaired) electrons. The summed E-state index contributed by atoms with van der Waals surface area (Å²) in [5, 5.41) is 11.3. The van der Waals surface area contributed by atoms with Crippen LogP contribution < -0.4 is 15.0 Å². The predicted molar refractivity (Wildman–Crippen MR) is 134 cm³/mol. The lowest BCUT2D eigenvalue weighted by molar-refractivity contribution is 0.122. The van der Waals surface area contributed by atoms with E-state index in [2.05, 4.69) is 31.5 Å². The van der Waals surface area contributed by atoms with Gasteiger partial charge in [-0.2, -0.15) is 10.1 Å². The van der Waals surface area contributed by atoms with Crippen molar-refractivity contribution in [3.63, 3.8) is 0 Å². The molecule has 2 aromatic carbocycles. The van der Waals surface area contributed by atoms with Crippen LogP contribution in [0.15, 0.2) is 77.0 Å². The van der Waals surface area contributed by atoms with Gasteiger partial charge in [-0.1, -0.05) is 48.0 Å². The predicted octanol–water partition coefficient (Wildman–Crippen LogP) is 5.14.